The second-order valence-electron chi connectivity index (χ2n) is 4.50. The lowest BCUT2D eigenvalue weighted by atomic mass is 10.3. The molecule has 0 radical (unpaired) electrons. The van der Waals surface area contributed by atoms with E-state index in [1.54, 1.807) is 6.92 Å². The lowest BCUT2D eigenvalue weighted by molar-refractivity contribution is -0.138. The van der Waals surface area contributed by atoms with Crippen molar-refractivity contribution in [3.63, 3.8) is 0 Å². The Morgan fingerprint density at radius 1 is 0.955 bits per heavy atom. The van der Waals surface area contributed by atoms with Crippen LogP contribution in [0.2, 0.25) is 0 Å². The van der Waals surface area contributed by atoms with Crippen molar-refractivity contribution >= 4 is 12.1 Å². The summed E-state index contributed by atoms with van der Waals surface area (Å²) in [5.74, 6) is -0.479. The van der Waals surface area contributed by atoms with Crippen molar-refractivity contribution in [3.8, 4) is 0 Å². The Hall–Kier alpha value is -1.60. The van der Waals surface area contributed by atoms with Crippen molar-refractivity contribution in [1.82, 2.24) is 5.32 Å². The second-order valence-corrected chi connectivity index (χ2v) is 4.50. The maximum atomic E-state index is 11.3. The molecule has 7 heteroatoms. The van der Waals surface area contributed by atoms with Gasteiger partial charge >= 0.3 is 12.1 Å². The standard InChI is InChI=1S/C15H27NO6/c1-4-19-8-5-6-9-20-11-12-22-15(18)16-7-10-21-14(17)13(2)3/h2,4-12H2,1,3H3,(H,16,18). The van der Waals surface area contributed by atoms with Crippen LogP contribution in [0.25, 0.3) is 0 Å². The lowest BCUT2D eigenvalue weighted by Crippen LogP contribution is -2.29. The predicted molar refractivity (Wildman–Crippen MR) is 81.7 cm³/mol. The number of hydrogen-bond donors (Lipinski definition) is 1. The van der Waals surface area contributed by atoms with Crippen LogP contribution < -0.4 is 5.32 Å². The van der Waals surface area contributed by atoms with Crippen molar-refractivity contribution in [2.45, 2.75) is 26.7 Å². The highest BCUT2D eigenvalue weighted by atomic mass is 16.6. The molecule has 7 nitrogen and oxygen atoms in total. The van der Waals surface area contributed by atoms with Crippen molar-refractivity contribution in [1.29, 1.82) is 0 Å². The largest absolute Gasteiger partial charge is 0.460 e. The number of nitrogens with one attached hydrogen (secondary N) is 1. The number of alkyl carbamates (subject to hydrolysis) is 1. The van der Waals surface area contributed by atoms with Crippen LogP contribution in [-0.2, 0) is 23.7 Å². The van der Waals surface area contributed by atoms with Gasteiger partial charge in [-0.05, 0) is 26.7 Å². The van der Waals surface area contributed by atoms with Crippen LogP contribution in [0.15, 0.2) is 12.2 Å². The molecule has 0 aliphatic carbocycles. The van der Waals surface area contributed by atoms with Gasteiger partial charge < -0.3 is 24.3 Å². The summed E-state index contributed by atoms with van der Waals surface area (Å²) in [5, 5.41) is 2.46. The van der Waals surface area contributed by atoms with E-state index >= 15 is 0 Å². The van der Waals surface area contributed by atoms with E-state index in [1.807, 2.05) is 6.92 Å². The minimum Gasteiger partial charge on any atom is -0.460 e. The number of esters is 1. The maximum Gasteiger partial charge on any atom is 0.407 e. The molecule has 0 aromatic rings. The monoisotopic (exact) mass is 317 g/mol. The van der Waals surface area contributed by atoms with Gasteiger partial charge in [0.05, 0.1) is 13.2 Å². The Balaban J connectivity index is 3.29. The van der Waals surface area contributed by atoms with Crippen LogP contribution >= 0.6 is 0 Å². The van der Waals surface area contributed by atoms with Crippen molar-refractivity contribution in [3.05, 3.63) is 12.2 Å². The van der Waals surface area contributed by atoms with E-state index in [4.69, 9.17) is 18.9 Å². The molecule has 0 bridgehead atoms. The van der Waals surface area contributed by atoms with Crippen molar-refractivity contribution in [2.75, 3.05) is 46.2 Å². The fourth-order valence-corrected chi connectivity index (χ4v) is 1.32. The van der Waals surface area contributed by atoms with Gasteiger partial charge in [0.2, 0.25) is 0 Å². The molecule has 0 fully saturated rings. The molecule has 1 N–H and O–H groups in total. The third-order valence-electron chi connectivity index (χ3n) is 2.45. The molecule has 0 spiro atoms. The Kier molecular flexibility index (Phi) is 13.3. The highest BCUT2D eigenvalue weighted by Gasteiger charge is 2.04. The summed E-state index contributed by atoms with van der Waals surface area (Å²) in [6, 6.07) is 0. The van der Waals surface area contributed by atoms with Gasteiger partial charge in [0.1, 0.15) is 13.2 Å². The van der Waals surface area contributed by atoms with Gasteiger partial charge in [-0.3, -0.25) is 0 Å². The first-order valence-electron chi connectivity index (χ1n) is 7.46. The van der Waals surface area contributed by atoms with Gasteiger partial charge in [-0.25, -0.2) is 9.59 Å². The lowest BCUT2D eigenvalue weighted by Gasteiger charge is -2.08. The minimum atomic E-state index is -0.564. The molecule has 0 rings (SSSR count). The minimum absolute atomic E-state index is 0.0805. The normalized spacial score (nSPS) is 10.1. The molecular weight excluding hydrogens is 290 g/mol. The van der Waals surface area contributed by atoms with E-state index in [2.05, 4.69) is 11.9 Å². The number of amides is 1. The first kappa shape index (κ1) is 20.4. The van der Waals surface area contributed by atoms with Gasteiger partial charge in [-0.1, -0.05) is 6.58 Å². The van der Waals surface area contributed by atoms with Crippen molar-refractivity contribution in [2.24, 2.45) is 0 Å². The van der Waals surface area contributed by atoms with Gasteiger partial charge in [0.25, 0.3) is 0 Å². The SMILES string of the molecule is C=C(C)C(=O)OCCNC(=O)OCCOCCCCOCC. The molecule has 0 atom stereocenters. The number of carbonyl (C=O) groups is 2. The van der Waals surface area contributed by atoms with Gasteiger partial charge in [0, 0.05) is 25.4 Å². The Bertz CT molecular complexity index is 332. The number of carbonyl (C=O) groups excluding carboxylic acids is 2. The molecule has 1 amide bonds. The third-order valence-corrected chi connectivity index (χ3v) is 2.45. The second kappa shape index (κ2) is 14.3. The summed E-state index contributed by atoms with van der Waals surface area (Å²) < 4.78 is 20.2. The Labute approximate surface area is 131 Å². The molecule has 0 saturated carbocycles. The topological polar surface area (TPSA) is 83.1 Å². The van der Waals surface area contributed by atoms with E-state index in [9.17, 15) is 9.59 Å². The quantitative estimate of drug-likeness (QED) is 0.316. The molecule has 0 saturated heterocycles. The number of ether oxygens (including phenoxy) is 4. The van der Waals surface area contributed by atoms with Crippen LogP contribution in [-0.4, -0.2) is 58.2 Å². The van der Waals surface area contributed by atoms with Crippen LogP contribution in [0, 0.1) is 0 Å². The van der Waals surface area contributed by atoms with E-state index in [1.165, 1.54) is 0 Å². The van der Waals surface area contributed by atoms with Crippen LogP contribution in [0.1, 0.15) is 26.7 Å². The number of unbranched alkanes of at least 4 members (excludes halogenated alkanes) is 1. The van der Waals surface area contributed by atoms with Gasteiger partial charge in [0.15, 0.2) is 0 Å². The summed E-state index contributed by atoms with van der Waals surface area (Å²) >= 11 is 0. The zero-order valence-electron chi connectivity index (χ0n) is 13.5. The highest BCUT2D eigenvalue weighted by molar-refractivity contribution is 5.86. The molecule has 0 aliphatic heterocycles. The average Bonchev–Trinajstić information content (AvgIpc) is 2.49. The van der Waals surface area contributed by atoms with Gasteiger partial charge in [-0.2, -0.15) is 0 Å². The smallest absolute Gasteiger partial charge is 0.407 e. The fraction of sp³-hybridized carbons (Fsp3) is 0.733. The van der Waals surface area contributed by atoms with E-state index in [0.717, 1.165) is 26.1 Å². The fourth-order valence-electron chi connectivity index (χ4n) is 1.32. The van der Waals surface area contributed by atoms with Crippen LogP contribution in [0.3, 0.4) is 0 Å². The van der Waals surface area contributed by atoms with Crippen molar-refractivity contribution < 1.29 is 28.5 Å². The molecule has 0 aliphatic rings. The van der Waals surface area contributed by atoms with E-state index in [-0.39, 0.29) is 19.8 Å². The molecule has 22 heavy (non-hydrogen) atoms. The molecule has 0 aromatic carbocycles. The molecule has 0 unspecified atom stereocenters. The van der Waals surface area contributed by atoms with Crippen LogP contribution in [0.5, 0.6) is 0 Å². The summed E-state index contributed by atoms with van der Waals surface area (Å²) in [6.45, 7) is 9.87. The molecular formula is C15H27NO6. The van der Waals surface area contributed by atoms with E-state index < -0.39 is 12.1 Å². The summed E-state index contributed by atoms with van der Waals surface area (Å²) in [5.41, 5.74) is 0.320. The molecule has 0 aromatic heterocycles. The number of hydrogen-bond acceptors (Lipinski definition) is 6. The summed E-state index contributed by atoms with van der Waals surface area (Å²) in [7, 11) is 0. The Morgan fingerprint density at radius 3 is 2.27 bits per heavy atom. The number of rotatable bonds is 13. The van der Waals surface area contributed by atoms with Crippen LogP contribution in [0.4, 0.5) is 4.79 Å². The van der Waals surface area contributed by atoms with E-state index in [0.29, 0.717) is 18.8 Å². The predicted octanol–water partition coefficient (Wildman–Crippen LogP) is 1.67. The maximum absolute atomic E-state index is 11.3. The highest BCUT2D eigenvalue weighted by Crippen LogP contribution is 1.92. The summed E-state index contributed by atoms with van der Waals surface area (Å²) in [6.07, 6.45) is 1.31. The third kappa shape index (κ3) is 13.4. The first-order chi connectivity index (χ1) is 10.6. The molecule has 128 valence electrons. The first-order valence-corrected chi connectivity index (χ1v) is 7.46. The zero-order chi connectivity index (χ0) is 16.6. The van der Waals surface area contributed by atoms with Gasteiger partial charge in [-0.15, -0.1) is 0 Å². The molecule has 0 heterocycles. The average molecular weight is 317 g/mol. The summed E-state index contributed by atoms with van der Waals surface area (Å²) in [4.78, 5) is 22.3. The Morgan fingerprint density at radius 2 is 1.64 bits per heavy atom. The zero-order valence-corrected chi connectivity index (χ0v) is 13.5.